The van der Waals surface area contributed by atoms with Crippen molar-refractivity contribution in [3.63, 3.8) is 0 Å². The molecule has 2 saturated carbocycles. The summed E-state index contributed by atoms with van der Waals surface area (Å²) in [5, 5.41) is 7.64. The number of nitrogens with zero attached hydrogens (tertiary/aromatic N) is 6. The maximum absolute atomic E-state index is 6.34. The number of aromatic nitrogens is 4. The quantitative estimate of drug-likeness (QED) is 0.193. The fourth-order valence-corrected chi connectivity index (χ4v) is 6.27. The lowest BCUT2D eigenvalue weighted by Gasteiger charge is -2.26. The van der Waals surface area contributed by atoms with Crippen LogP contribution in [0, 0.1) is 0 Å². The third kappa shape index (κ3) is 6.75. The van der Waals surface area contributed by atoms with Gasteiger partial charge in [-0.25, -0.2) is 0 Å². The molecule has 2 aliphatic heterocycles. The van der Waals surface area contributed by atoms with Gasteiger partial charge in [-0.05, 0) is 74.6 Å². The average Bonchev–Trinajstić information content (AvgIpc) is 3.91. The van der Waals surface area contributed by atoms with Gasteiger partial charge in [-0.2, -0.15) is 19.9 Å². The summed E-state index contributed by atoms with van der Waals surface area (Å²) < 4.78 is 0. The molecular formula is C33H39ClN10. The number of fused-ring (bicyclic) bond motifs is 1. The SMILES string of the molecule is Nc1nc(NC2CC2)cc(N2CCCC2Cc2ccccc2Cl)n1.Nc1nc(NC2CC2)cc(N2CCc3ccccc32)n1. The Morgan fingerprint density at radius 3 is 2.09 bits per heavy atom. The number of anilines is 7. The lowest BCUT2D eigenvalue weighted by molar-refractivity contribution is 0.658. The third-order valence-electron chi connectivity index (χ3n) is 8.57. The van der Waals surface area contributed by atoms with Crippen LogP contribution in [0.4, 0.5) is 40.9 Å². The van der Waals surface area contributed by atoms with Crippen molar-refractivity contribution in [2.45, 2.75) is 69.5 Å². The van der Waals surface area contributed by atoms with E-state index >= 15 is 0 Å². The van der Waals surface area contributed by atoms with Crippen LogP contribution in [0.5, 0.6) is 0 Å². The van der Waals surface area contributed by atoms with E-state index in [0.717, 1.165) is 67.1 Å². The van der Waals surface area contributed by atoms with E-state index in [4.69, 9.17) is 23.1 Å². The normalized spacial score (nSPS) is 18.9. The first-order valence-corrected chi connectivity index (χ1v) is 16.0. The number of hydrogen-bond donors (Lipinski definition) is 4. The summed E-state index contributed by atoms with van der Waals surface area (Å²) in [5.41, 5.74) is 15.6. The van der Waals surface area contributed by atoms with E-state index in [1.807, 2.05) is 30.3 Å². The van der Waals surface area contributed by atoms with Crippen molar-refractivity contribution in [3.05, 3.63) is 76.8 Å². The molecule has 11 heteroatoms. The smallest absolute Gasteiger partial charge is 0.223 e. The van der Waals surface area contributed by atoms with Crippen LogP contribution < -0.4 is 31.9 Å². The topological polar surface area (TPSA) is 134 Å². The second-order valence-electron chi connectivity index (χ2n) is 12.1. The molecule has 228 valence electrons. The Morgan fingerprint density at radius 1 is 0.750 bits per heavy atom. The molecule has 8 rings (SSSR count). The van der Waals surface area contributed by atoms with Gasteiger partial charge >= 0.3 is 0 Å². The number of rotatable bonds is 8. The summed E-state index contributed by atoms with van der Waals surface area (Å²) in [7, 11) is 0. The monoisotopic (exact) mass is 610 g/mol. The van der Waals surface area contributed by atoms with Gasteiger partial charge in [0, 0.05) is 54.1 Å². The van der Waals surface area contributed by atoms with Crippen LogP contribution >= 0.6 is 11.6 Å². The Balaban J connectivity index is 0.000000144. The van der Waals surface area contributed by atoms with Gasteiger partial charge in [0.25, 0.3) is 0 Å². The molecule has 2 aliphatic carbocycles. The minimum absolute atomic E-state index is 0.329. The highest BCUT2D eigenvalue weighted by atomic mass is 35.5. The number of halogens is 1. The summed E-state index contributed by atoms with van der Waals surface area (Å²) in [6.45, 7) is 1.94. The number of benzene rings is 2. The Bertz CT molecular complexity index is 1620. The molecule has 2 aromatic heterocycles. The molecule has 1 unspecified atom stereocenters. The van der Waals surface area contributed by atoms with Crippen molar-refractivity contribution in [2.24, 2.45) is 0 Å². The first kappa shape index (κ1) is 28.5. The lowest BCUT2D eigenvalue weighted by atomic mass is 10.0. The van der Waals surface area contributed by atoms with E-state index in [1.54, 1.807) is 0 Å². The molecule has 4 aromatic rings. The number of para-hydroxylation sites is 1. The fourth-order valence-electron chi connectivity index (χ4n) is 6.06. The number of nitrogens with two attached hydrogens (primary N) is 2. The summed E-state index contributed by atoms with van der Waals surface area (Å²) in [5.74, 6) is 4.13. The Morgan fingerprint density at radius 2 is 1.39 bits per heavy atom. The van der Waals surface area contributed by atoms with E-state index in [1.165, 1.54) is 42.5 Å². The fraction of sp³-hybridized carbons (Fsp3) is 0.394. The van der Waals surface area contributed by atoms with Crippen molar-refractivity contribution in [3.8, 4) is 0 Å². The molecule has 0 bridgehead atoms. The molecule has 4 aliphatic rings. The number of nitrogens with one attached hydrogen (secondary N) is 2. The molecule has 1 atom stereocenters. The zero-order valence-electron chi connectivity index (χ0n) is 24.8. The van der Waals surface area contributed by atoms with Gasteiger partial charge in [0.05, 0.1) is 0 Å². The predicted molar refractivity (Wildman–Crippen MR) is 179 cm³/mol. The molecule has 44 heavy (non-hydrogen) atoms. The van der Waals surface area contributed by atoms with Gasteiger partial charge < -0.3 is 31.9 Å². The molecule has 3 fully saturated rings. The zero-order chi connectivity index (χ0) is 30.0. The molecular weight excluding hydrogens is 572 g/mol. The van der Waals surface area contributed by atoms with Gasteiger partial charge in [0.1, 0.15) is 23.3 Å². The van der Waals surface area contributed by atoms with Crippen molar-refractivity contribution in [2.75, 3.05) is 45.0 Å². The maximum Gasteiger partial charge on any atom is 0.223 e. The molecule has 4 heterocycles. The van der Waals surface area contributed by atoms with Crippen molar-refractivity contribution >= 4 is 52.5 Å². The largest absolute Gasteiger partial charge is 0.368 e. The van der Waals surface area contributed by atoms with Crippen LogP contribution in [-0.4, -0.2) is 51.2 Å². The second-order valence-corrected chi connectivity index (χ2v) is 12.5. The molecule has 1 saturated heterocycles. The molecule has 2 aromatic carbocycles. The first-order chi connectivity index (χ1) is 21.5. The van der Waals surface area contributed by atoms with Gasteiger partial charge in [-0.15, -0.1) is 0 Å². The van der Waals surface area contributed by atoms with Crippen LogP contribution in [0.25, 0.3) is 0 Å². The third-order valence-corrected chi connectivity index (χ3v) is 8.94. The van der Waals surface area contributed by atoms with E-state index in [-0.39, 0.29) is 0 Å². The minimum Gasteiger partial charge on any atom is -0.368 e. The highest BCUT2D eigenvalue weighted by Crippen LogP contribution is 2.35. The van der Waals surface area contributed by atoms with Gasteiger partial charge in [0.2, 0.25) is 11.9 Å². The summed E-state index contributed by atoms with van der Waals surface area (Å²) >= 11 is 6.34. The molecule has 10 nitrogen and oxygen atoms in total. The van der Waals surface area contributed by atoms with Crippen molar-refractivity contribution in [1.82, 2.24) is 19.9 Å². The maximum atomic E-state index is 6.34. The van der Waals surface area contributed by atoms with E-state index in [2.05, 4.69) is 70.7 Å². The van der Waals surface area contributed by atoms with Gasteiger partial charge in [-0.3, -0.25) is 0 Å². The molecule has 6 N–H and O–H groups in total. The average molecular weight is 611 g/mol. The Kier molecular flexibility index (Phi) is 7.99. The summed E-state index contributed by atoms with van der Waals surface area (Å²) in [4.78, 5) is 22.0. The van der Waals surface area contributed by atoms with Crippen molar-refractivity contribution in [1.29, 1.82) is 0 Å². The minimum atomic E-state index is 0.329. The van der Waals surface area contributed by atoms with Crippen LogP contribution in [0.15, 0.2) is 60.7 Å². The lowest BCUT2D eigenvalue weighted by Crippen LogP contribution is -2.32. The summed E-state index contributed by atoms with van der Waals surface area (Å²) in [6.07, 6.45) is 9.11. The van der Waals surface area contributed by atoms with E-state index < -0.39 is 0 Å². The van der Waals surface area contributed by atoms with Gasteiger partial charge in [-0.1, -0.05) is 48.0 Å². The van der Waals surface area contributed by atoms with Crippen LogP contribution in [-0.2, 0) is 12.8 Å². The van der Waals surface area contributed by atoms with Crippen LogP contribution in [0.2, 0.25) is 5.02 Å². The summed E-state index contributed by atoms with van der Waals surface area (Å²) in [6, 6.07) is 22.0. The van der Waals surface area contributed by atoms with Gasteiger partial charge in [0.15, 0.2) is 0 Å². The molecule has 0 spiro atoms. The first-order valence-electron chi connectivity index (χ1n) is 15.7. The van der Waals surface area contributed by atoms with E-state index in [9.17, 15) is 0 Å². The highest BCUT2D eigenvalue weighted by molar-refractivity contribution is 6.31. The second kappa shape index (κ2) is 12.4. The Labute approximate surface area is 263 Å². The number of nitrogen functional groups attached to an aromatic ring is 2. The van der Waals surface area contributed by atoms with E-state index in [0.29, 0.717) is 30.0 Å². The predicted octanol–water partition coefficient (Wildman–Crippen LogP) is 5.83. The molecule has 0 radical (unpaired) electrons. The van der Waals surface area contributed by atoms with Crippen LogP contribution in [0.3, 0.4) is 0 Å². The van der Waals surface area contributed by atoms with Crippen LogP contribution in [0.1, 0.15) is 49.7 Å². The number of hydrogen-bond acceptors (Lipinski definition) is 10. The molecule has 0 amide bonds. The Hall–Kier alpha value is -4.31. The highest BCUT2D eigenvalue weighted by Gasteiger charge is 2.28. The van der Waals surface area contributed by atoms with Crippen molar-refractivity contribution < 1.29 is 0 Å². The standard InChI is InChI=1S/C18H22ClN5.C15H17N5/c19-15-6-2-1-4-12(15)10-14-5-3-9-24(14)17-11-16(21-13-7-8-13)22-18(20)23-17;16-15-18-13(17-11-5-6-11)9-14(19-15)20-8-7-10-3-1-2-4-12(10)20/h1-2,4,6,11,13-14H,3,5,7-10H2,(H3,20,21,22,23);1-4,9,11H,5-8H2,(H3,16,17,18,19). The zero-order valence-corrected chi connectivity index (χ0v) is 25.5.